The minimum absolute atomic E-state index is 0.0864. The number of nitrogens with zero attached hydrogens (tertiary/aromatic N) is 1. The van der Waals surface area contributed by atoms with Gasteiger partial charge in [-0.25, -0.2) is 0 Å². The summed E-state index contributed by atoms with van der Waals surface area (Å²) in [6.07, 6.45) is 1.32. The Kier molecular flexibility index (Phi) is 5.96. The molecule has 0 saturated carbocycles. The van der Waals surface area contributed by atoms with E-state index in [0.29, 0.717) is 24.5 Å². The predicted octanol–water partition coefficient (Wildman–Crippen LogP) is 2.37. The molecule has 1 amide bonds. The summed E-state index contributed by atoms with van der Waals surface area (Å²) in [6.45, 7) is 7.16. The summed E-state index contributed by atoms with van der Waals surface area (Å²) in [4.78, 5) is 14.4. The Bertz CT molecular complexity index is 471. The first kappa shape index (κ1) is 15.6. The number of carbonyl (C=O) groups is 1. The molecule has 3 nitrogen and oxygen atoms in total. The molecule has 2 N–H and O–H groups in total. The van der Waals surface area contributed by atoms with Crippen molar-refractivity contribution in [2.75, 3.05) is 13.1 Å². The maximum Gasteiger partial charge on any atom is 0.227 e. The molecular formula is C15H22N2OS. The van der Waals surface area contributed by atoms with Crippen molar-refractivity contribution in [1.29, 1.82) is 0 Å². The van der Waals surface area contributed by atoms with Gasteiger partial charge in [0.15, 0.2) is 0 Å². The van der Waals surface area contributed by atoms with E-state index in [9.17, 15) is 4.79 Å². The zero-order chi connectivity index (χ0) is 14.4. The van der Waals surface area contributed by atoms with Crippen LogP contribution in [-0.2, 0) is 11.2 Å². The van der Waals surface area contributed by atoms with Crippen molar-refractivity contribution in [2.45, 2.75) is 33.6 Å². The lowest BCUT2D eigenvalue weighted by Crippen LogP contribution is -2.39. The van der Waals surface area contributed by atoms with Gasteiger partial charge in [0.25, 0.3) is 0 Å². The van der Waals surface area contributed by atoms with Gasteiger partial charge in [0, 0.05) is 6.54 Å². The van der Waals surface area contributed by atoms with E-state index in [1.54, 1.807) is 4.90 Å². The number of thiocarbonyl (C=S) groups is 1. The van der Waals surface area contributed by atoms with E-state index in [-0.39, 0.29) is 5.91 Å². The van der Waals surface area contributed by atoms with E-state index >= 15 is 0 Å². The summed E-state index contributed by atoms with van der Waals surface area (Å²) in [5.74, 6) is 0.0864. The van der Waals surface area contributed by atoms with Gasteiger partial charge in [-0.2, -0.15) is 0 Å². The number of nitrogens with two attached hydrogens (primary N) is 1. The standard InChI is InChI=1S/C15H22N2OS/c1-4-7-17(10-14(16)19)15(18)9-13-8-11(2)5-6-12(13)3/h5-6,8H,4,7,9-10H2,1-3H3,(H2,16,19). The Balaban J connectivity index is 2.80. The number of hydrogen-bond acceptors (Lipinski definition) is 2. The van der Waals surface area contributed by atoms with Gasteiger partial charge in [0.2, 0.25) is 5.91 Å². The van der Waals surface area contributed by atoms with Crippen LogP contribution in [0.15, 0.2) is 18.2 Å². The van der Waals surface area contributed by atoms with E-state index in [1.165, 1.54) is 5.56 Å². The van der Waals surface area contributed by atoms with Crippen molar-refractivity contribution < 1.29 is 4.79 Å². The van der Waals surface area contributed by atoms with Gasteiger partial charge < -0.3 is 10.6 Å². The lowest BCUT2D eigenvalue weighted by molar-refractivity contribution is -0.129. The highest BCUT2D eigenvalue weighted by Crippen LogP contribution is 2.12. The van der Waals surface area contributed by atoms with Crippen molar-refractivity contribution in [3.8, 4) is 0 Å². The first-order valence-electron chi connectivity index (χ1n) is 6.56. The lowest BCUT2D eigenvalue weighted by atomic mass is 10.0. The molecule has 0 radical (unpaired) electrons. The van der Waals surface area contributed by atoms with Crippen LogP contribution in [-0.4, -0.2) is 28.9 Å². The molecular weight excluding hydrogens is 256 g/mol. The molecule has 0 heterocycles. The van der Waals surface area contributed by atoms with Gasteiger partial charge in [0.1, 0.15) is 0 Å². The highest BCUT2D eigenvalue weighted by molar-refractivity contribution is 7.80. The molecule has 4 heteroatoms. The van der Waals surface area contributed by atoms with Gasteiger partial charge >= 0.3 is 0 Å². The van der Waals surface area contributed by atoms with Crippen molar-refractivity contribution in [3.05, 3.63) is 34.9 Å². The number of aryl methyl sites for hydroxylation is 2. The topological polar surface area (TPSA) is 46.3 Å². The zero-order valence-electron chi connectivity index (χ0n) is 11.9. The maximum atomic E-state index is 12.3. The third-order valence-corrected chi connectivity index (χ3v) is 3.17. The van der Waals surface area contributed by atoms with Gasteiger partial charge in [0.05, 0.1) is 18.0 Å². The second-order valence-electron chi connectivity index (χ2n) is 4.89. The SMILES string of the molecule is CCCN(CC(N)=S)C(=O)Cc1cc(C)ccc1C. The largest absolute Gasteiger partial charge is 0.392 e. The summed E-state index contributed by atoms with van der Waals surface area (Å²) in [5, 5.41) is 0. The molecule has 0 saturated heterocycles. The van der Waals surface area contributed by atoms with Crippen LogP contribution in [0.4, 0.5) is 0 Å². The molecule has 0 atom stereocenters. The minimum Gasteiger partial charge on any atom is -0.392 e. The fourth-order valence-electron chi connectivity index (χ4n) is 2.02. The molecule has 0 fully saturated rings. The Morgan fingerprint density at radius 2 is 2.05 bits per heavy atom. The van der Waals surface area contributed by atoms with Gasteiger partial charge in [-0.1, -0.05) is 42.9 Å². The van der Waals surface area contributed by atoms with Crippen LogP contribution < -0.4 is 5.73 Å². The fourth-order valence-corrected chi connectivity index (χ4v) is 2.17. The molecule has 1 aromatic carbocycles. The smallest absolute Gasteiger partial charge is 0.227 e. The lowest BCUT2D eigenvalue weighted by Gasteiger charge is -2.22. The van der Waals surface area contributed by atoms with Crippen LogP contribution in [0.1, 0.15) is 30.0 Å². The number of amides is 1. The fraction of sp³-hybridized carbons (Fsp3) is 0.467. The van der Waals surface area contributed by atoms with E-state index < -0.39 is 0 Å². The van der Waals surface area contributed by atoms with Gasteiger partial charge in [-0.3, -0.25) is 4.79 Å². The van der Waals surface area contributed by atoms with Crippen molar-refractivity contribution in [3.63, 3.8) is 0 Å². The number of benzene rings is 1. The molecule has 19 heavy (non-hydrogen) atoms. The molecule has 0 aliphatic heterocycles. The first-order chi connectivity index (χ1) is 8.93. The Morgan fingerprint density at radius 1 is 1.37 bits per heavy atom. The van der Waals surface area contributed by atoms with E-state index in [4.69, 9.17) is 18.0 Å². The summed E-state index contributed by atoms with van der Waals surface area (Å²) in [6, 6.07) is 6.18. The average Bonchev–Trinajstić information content (AvgIpc) is 2.32. The number of hydrogen-bond donors (Lipinski definition) is 1. The minimum atomic E-state index is 0.0864. The third-order valence-electron chi connectivity index (χ3n) is 3.04. The van der Waals surface area contributed by atoms with E-state index in [0.717, 1.165) is 17.5 Å². The van der Waals surface area contributed by atoms with Crippen LogP contribution >= 0.6 is 12.2 Å². The quantitative estimate of drug-likeness (QED) is 0.813. The van der Waals surface area contributed by atoms with E-state index in [1.807, 2.05) is 20.8 Å². The van der Waals surface area contributed by atoms with Gasteiger partial charge in [-0.15, -0.1) is 0 Å². The second kappa shape index (κ2) is 7.24. The Labute approximate surface area is 120 Å². The summed E-state index contributed by atoms with van der Waals surface area (Å²) < 4.78 is 0. The molecule has 0 aromatic heterocycles. The maximum absolute atomic E-state index is 12.3. The number of carbonyl (C=O) groups excluding carboxylic acids is 1. The van der Waals surface area contributed by atoms with Crippen molar-refractivity contribution >= 4 is 23.1 Å². The highest BCUT2D eigenvalue weighted by Gasteiger charge is 2.15. The van der Waals surface area contributed by atoms with Gasteiger partial charge in [-0.05, 0) is 31.4 Å². The predicted molar refractivity (Wildman–Crippen MR) is 83.3 cm³/mol. The highest BCUT2D eigenvalue weighted by atomic mass is 32.1. The normalized spacial score (nSPS) is 10.3. The van der Waals surface area contributed by atoms with Crippen molar-refractivity contribution in [1.82, 2.24) is 4.90 Å². The summed E-state index contributed by atoms with van der Waals surface area (Å²) in [5.41, 5.74) is 8.94. The summed E-state index contributed by atoms with van der Waals surface area (Å²) >= 11 is 4.90. The monoisotopic (exact) mass is 278 g/mol. The Hall–Kier alpha value is -1.42. The molecule has 0 unspecified atom stereocenters. The first-order valence-corrected chi connectivity index (χ1v) is 6.97. The van der Waals surface area contributed by atoms with Crippen LogP contribution in [0.2, 0.25) is 0 Å². The van der Waals surface area contributed by atoms with Crippen LogP contribution in [0, 0.1) is 13.8 Å². The third kappa shape index (κ3) is 4.99. The Morgan fingerprint density at radius 3 is 2.63 bits per heavy atom. The average molecular weight is 278 g/mol. The number of rotatable bonds is 6. The molecule has 1 rings (SSSR count). The zero-order valence-corrected chi connectivity index (χ0v) is 12.7. The van der Waals surface area contributed by atoms with E-state index in [2.05, 4.69) is 18.2 Å². The molecule has 104 valence electrons. The molecule has 0 bridgehead atoms. The van der Waals surface area contributed by atoms with Crippen LogP contribution in [0.25, 0.3) is 0 Å². The second-order valence-corrected chi connectivity index (χ2v) is 5.41. The van der Waals surface area contributed by atoms with Crippen LogP contribution in [0.5, 0.6) is 0 Å². The molecule has 0 aliphatic carbocycles. The van der Waals surface area contributed by atoms with Crippen molar-refractivity contribution in [2.24, 2.45) is 5.73 Å². The molecule has 0 spiro atoms. The summed E-state index contributed by atoms with van der Waals surface area (Å²) in [7, 11) is 0. The molecule has 0 aliphatic rings. The molecule has 1 aromatic rings. The van der Waals surface area contributed by atoms with Crippen LogP contribution in [0.3, 0.4) is 0 Å².